The zero-order valence-corrected chi connectivity index (χ0v) is 45.1. The van der Waals surface area contributed by atoms with E-state index in [1.165, 1.54) is 225 Å². The molecule has 0 saturated heterocycles. The summed E-state index contributed by atoms with van der Waals surface area (Å²) in [6, 6.07) is -0.798. The van der Waals surface area contributed by atoms with Crippen LogP contribution in [0.3, 0.4) is 0 Å². The number of quaternary nitrogens is 1. The Morgan fingerprint density at radius 2 is 0.846 bits per heavy atom. The average molecular weight is 942 g/mol. The molecule has 3 unspecified atom stereocenters. The largest absolute Gasteiger partial charge is 0.756 e. The van der Waals surface area contributed by atoms with Crippen molar-refractivity contribution in [1.29, 1.82) is 0 Å². The first-order valence-corrected chi connectivity index (χ1v) is 30.0. The number of carbonyl (C=O) groups excluding carboxylic acids is 1. The number of nitrogens with zero attached hydrogens (tertiary/aromatic N) is 1. The molecule has 388 valence electrons. The van der Waals surface area contributed by atoms with E-state index in [9.17, 15) is 19.4 Å². The van der Waals surface area contributed by atoms with Gasteiger partial charge in [-0.3, -0.25) is 9.36 Å². The van der Waals surface area contributed by atoms with Crippen LogP contribution < -0.4 is 10.2 Å². The summed E-state index contributed by atoms with van der Waals surface area (Å²) in [6.07, 6.45) is 58.0. The Morgan fingerprint density at radius 1 is 0.523 bits per heavy atom. The molecule has 0 rings (SSSR count). The summed E-state index contributed by atoms with van der Waals surface area (Å²) in [5.41, 5.74) is 0. The van der Waals surface area contributed by atoms with Gasteiger partial charge in [-0.05, 0) is 38.5 Å². The van der Waals surface area contributed by atoms with Gasteiger partial charge in [-0.1, -0.05) is 257 Å². The third-order valence-electron chi connectivity index (χ3n) is 13.3. The van der Waals surface area contributed by atoms with Crippen LogP contribution in [0.4, 0.5) is 0 Å². The van der Waals surface area contributed by atoms with E-state index in [4.69, 9.17) is 9.05 Å². The number of aliphatic hydroxyl groups excluding tert-OH is 1. The van der Waals surface area contributed by atoms with E-state index >= 15 is 0 Å². The molecular weight excluding hydrogens is 828 g/mol. The SMILES string of the molecule is CCCCCCCCCC/C=C\CCCCCCCCCCCCCC(=O)NC(COP(=O)([O-])OCC[N+](C)(C)C)C(O)CCCCCCCCCCCCCCCCCCCCCC. The maximum Gasteiger partial charge on any atom is 0.268 e. The first-order chi connectivity index (χ1) is 31.5. The minimum Gasteiger partial charge on any atom is -0.756 e. The second kappa shape index (κ2) is 48.3. The van der Waals surface area contributed by atoms with Gasteiger partial charge >= 0.3 is 0 Å². The molecule has 0 aromatic heterocycles. The first kappa shape index (κ1) is 64.2. The molecule has 65 heavy (non-hydrogen) atoms. The molecule has 1 amide bonds. The highest BCUT2D eigenvalue weighted by Crippen LogP contribution is 2.38. The number of carbonyl (C=O) groups is 1. The van der Waals surface area contributed by atoms with Crippen LogP contribution in [0.25, 0.3) is 0 Å². The monoisotopic (exact) mass is 941 g/mol. The summed E-state index contributed by atoms with van der Waals surface area (Å²) in [5.74, 6) is -0.160. The van der Waals surface area contributed by atoms with Crippen molar-refractivity contribution < 1.29 is 32.9 Å². The van der Waals surface area contributed by atoms with Gasteiger partial charge in [0.2, 0.25) is 5.91 Å². The second-order valence-corrected chi connectivity index (χ2v) is 22.4. The molecule has 0 spiro atoms. The molecule has 0 aliphatic heterocycles. The Hall–Kier alpha value is -0.760. The maximum atomic E-state index is 13.0. The highest BCUT2D eigenvalue weighted by molar-refractivity contribution is 7.45. The Bertz CT molecular complexity index is 1070. The van der Waals surface area contributed by atoms with Crippen LogP contribution in [0.2, 0.25) is 0 Å². The van der Waals surface area contributed by atoms with Gasteiger partial charge in [-0.2, -0.15) is 0 Å². The van der Waals surface area contributed by atoms with Crippen LogP contribution in [0.1, 0.15) is 290 Å². The number of phosphoric ester groups is 1. The molecule has 0 aliphatic carbocycles. The van der Waals surface area contributed by atoms with E-state index in [0.29, 0.717) is 23.9 Å². The fourth-order valence-electron chi connectivity index (χ4n) is 8.74. The highest BCUT2D eigenvalue weighted by atomic mass is 31.2. The number of hydrogen-bond donors (Lipinski definition) is 2. The number of unbranched alkanes of at least 4 members (excludes halogenated alkanes) is 38. The third-order valence-corrected chi connectivity index (χ3v) is 14.2. The maximum absolute atomic E-state index is 13.0. The standard InChI is InChI=1S/C56H113N2O6P/c1-6-8-10-12-14-16-18-20-22-24-26-28-29-30-32-34-36-38-40-42-44-46-48-50-56(60)57-54(53-64-65(61,62)63-52-51-58(3,4)5)55(59)49-47-45-43-41-39-37-35-33-31-27-25-23-21-19-17-15-13-11-9-7-2/h24,26,54-55,59H,6-23,25,27-53H2,1-5H3,(H-,57,60,61,62)/b26-24-. The number of rotatable bonds is 53. The average Bonchev–Trinajstić information content (AvgIpc) is 3.26. The normalized spacial score (nSPS) is 14.0. The summed E-state index contributed by atoms with van der Waals surface area (Å²) in [4.78, 5) is 25.5. The molecule has 0 aliphatic rings. The summed E-state index contributed by atoms with van der Waals surface area (Å²) in [6.45, 7) is 4.77. The van der Waals surface area contributed by atoms with Crippen molar-refractivity contribution in [2.45, 2.75) is 302 Å². The number of phosphoric acid groups is 1. The lowest BCUT2D eigenvalue weighted by Crippen LogP contribution is -2.46. The van der Waals surface area contributed by atoms with Gasteiger partial charge in [-0.25, -0.2) is 0 Å². The predicted molar refractivity (Wildman–Crippen MR) is 279 cm³/mol. The zero-order chi connectivity index (χ0) is 47.8. The van der Waals surface area contributed by atoms with Crippen molar-refractivity contribution in [3.05, 3.63) is 12.2 Å². The number of likely N-dealkylation sites (N-methyl/N-ethyl adjacent to an activating group) is 1. The van der Waals surface area contributed by atoms with Crippen LogP contribution >= 0.6 is 7.82 Å². The van der Waals surface area contributed by atoms with Gasteiger partial charge in [0.1, 0.15) is 13.2 Å². The minimum absolute atomic E-state index is 0.0147. The summed E-state index contributed by atoms with van der Waals surface area (Å²) in [5, 5.41) is 14.0. The van der Waals surface area contributed by atoms with E-state index < -0.39 is 20.0 Å². The molecule has 9 heteroatoms. The Morgan fingerprint density at radius 3 is 1.20 bits per heavy atom. The van der Waals surface area contributed by atoms with Crippen LogP contribution in [0, 0.1) is 0 Å². The Labute approximate surface area is 405 Å². The molecule has 2 N–H and O–H groups in total. The van der Waals surface area contributed by atoms with E-state index in [-0.39, 0.29) is 19.1 Å². The fraction of sp³-hybridized carbons (Fsp3) is 0.946. The van der Waals surface area contributed by atoms with E-state index in [1.54, 1.807) is 0 Å². The van der Waals surface area contributed by atoms with Crippen LogP contribution in [0.15, 0.2) is 12.2 Å². The molecule has 0 aromatic carbocycles. The molecule has 0 aromatic rings. The fourth-order valence-corrected chi connectivity index (χ4v) is 9.47. The van der Waals surface area contributed by atoms with Crippen molar-refractivity contribution in [3.63, 3.8) is 0 Å². The zero-order valence-electron chi connectivity index (χ0n) is 44.2. The van der Waals surface area contributed by atoms with Gasteiger partial charge < -0.3 is 28.8 Å². The van der Waals surface area contributed by atoms with Crippen molar-refractivity contribution in [2.75, 3.05) is 40.9 Å². The van der Waals surface area contributed by atoms with Crippen molar-refractivity contribution in [2.24, 2.45) is 0 Å². The lowest BCUT2D eigenvalue weighted by atomic mass is 10.0. The number of aliphatic hydroxyl groups is 1. The van der Waals surface area contributed by atoms with Gasteiger partial charge in [0, 0.05) is 6.42 Å². The van der Waals surface area contributed by atoms with Crippen LogP contribution in [-0.2, 0) is 18.4 Å². The number of nitrogens with one attached hydrogen (secondary N) is 1. The molecule has 3 atom stereocenters. The molecule has 0 heterocycles. The molecule has 0 bridgehead atoms. The summed E-state index contributed by atoms with van der Waals surface area (Å²) in [7, 11) is 1.32. The Balaban J connectivity index is 4.16. The second-order valence-electron chi connectivity index (χ2n) is 21.0. The number of allylic oxidation sites excluding steroid dienone is 2. The summed E-state index contributed by atoms with van der Waals surface area (Å²) >= 11 is 0. The third kappa shape index (κ3) is 50.9. The molecule has 0 radical (unpaired) electrons. The van der Waals surface area contributed by atoms with Crippen LogP contribution in [-0.4, -0.2) is 68.5 Å². The van der Waals surface area contributed by atoms with Gasteiger partial charge in [-0.15, -0.1) is 0 Å². The van der Waals surface area contributed by atoms with Gasteiger partial charge in [0.05, 0.1) is 39.9 Å². The van der Waals surface area contributed by atoms with Crippen LogP contribution in [0.5, 0.6) is 0 Å². The number of amides is 1. The smallest absolute Gasteiger partial charge is 0.268 e. The number of hydrogen-bond acceptors (Lipinski definition) is 6. The van der Waals surface area contributed by atoms with Crippen molar-refractivity contribution >= 4 is 13.7 Å². The lowest BCUT2D eigenvalue weighted by molar-refractivity contribution is -0.870. The van der Waals surface area contributed by atoms with Crippen molar-refractivity contribution in [1.82, 2.24) is 5.32 Å². The van der Waals surface area contributed by atoms with Gasteiger partial charge in [0.15, 0.2) is 0 Å². The predicted octanol–water partition coefficient (Wildman–Crippen LogP) is 16.4. The quantitative estimate of drug-likeness (QED) is 0.0272. The van der Waals surface area contributed by atoms with E-state index in [0.717, 1.165) is 38.5 Å². The first-order valence-electron chi connectivity index (χ1n) is 28.5. The van der Waals surface area contributed by atoms with Gasteiger partial charge in [0.25, 0.3) is 7.82 Å². The minimum atomic E-state index is -4.57. The highest BCUT2D eigenvalue weighted by Gasteiger charge is 2.24. The molecule has 0 saturated carbocycles. The lowest BCUT2D eigenvalue weighted by Gasteiger charge is -2.30. The summed E-state index contributed by atoms with van der Waals surface area (Å²) < 4.78 is 23.4. The van der Waals surface area contributed by atoms with E-state index in [2.05, 4.69) is 31.3 Å². The van der Waals surface area contributed by atoms with E-state index in [1.807, 2.05) is 21.1 Å². The topological polar surface area (TPSA) is 108 Å². The molecule has 0 fully saturated rings. The molecular formula is C56H113N2O6P. The molecule has 8 nitrogen and oxygen atoms in total. The Kier molecular flexibility index (Phi) is 47.7. The van der Waals surface area contributed by atoms with Crippen molar-refractivity contribution in [3.8, 4) is 0 Å².